The Morgan fingerprint density at radius 3 is 2.24 bits per heavy atom. The summed E-state index contributed by atoms with van der Waals surface area (Å²) in [6, 6.07) is 18.6. The quantitative estimate of drug-likeness (QED) is 0.283. The summed E-state index contributed by atoms with van der Waals surface area (Å²) >= 11 is 6.17. The molecule has 0 spiro atoms. The largest absolute Gasteiger partial charge is 0.469 e. The summed E-state index contributed by atoms with van der Waals surface area (Å²) in [5, 5.41) is 0.754. The van der Waals surface area contributed by atoms with Crippen LogP contribution in [-0.4, -0.2) is 68.0 Å². The maximum absolute atomic E-state index is 13.5. The van der Waals surface area contributed by atoms with Gasteiger partial charge in [-0.1, -0.05) is 66.9 Å². The number of nitrogens with zero attached hydrogens (tertiary/aromatic N) is 3. The van der Waals surface area contributed by atoms with Crippen LogP contribution in [0.25, 0.3) is 0 Å². The van der Waals surface area contributed by atoms with E-state index in [9.17, 15) is 9.59 Å². The highest BCUT2D eigenvalue weighted by Crippen LogP contribution is 2.45. The minimum Gasteiger partial charge on any atom is -0.469 e. The van der Waals surface area contributed by atoms with Crippen molar-refractivity contribution in [2.75, 3.05) is 28.3 Å². The van der Waals surface area contributed by atoms with Gasteiger partial charge in [0.2, 0.25) is 0 Å². The molecule has 1 saturated carbocycles. The molecule has 0 radical (unpaired) electrons. The summed E-state index contributed by atoms with van der Waals surface area (Å²) in [5.41, 5.74) is 1.29. The van der Waals surface area contributed by atoms with Gasteiger partial charge in [-0.15, -0.1) is 0 Å². The summed E-state index contributed by atoms with van der Waals surface area (Å²) in [7, 11) is 7.07. The number of rotatable bonds is 11. The van der Waals surface area contributed by atoms with Crippen molar-refractivity contribution >= 4 is 29.9 Å². The van der Waals surface area contributed by atoms with Crippen LogP contribution in [0.1, 0.15) is 75.1 Å². The first kappa shape index (κ1) is 31.0. The fourth-order valence-electron chi connectivity index (χ4n) is 6.97. The van der Waals surface area contributed by atoms with Crippen molar-refractivity contribution < 1.29 is 19.1 Å². The molecule has 7 nitrogen and oxygen atoms in total. The second-order valence-electron chi connectivity index (χ2n) is 11.8. The van der Waals surface area contributed by atoms with E-state index in [1.54, 1.807) is 0 Å². The van der Waals surface area contributed by atoms with Gasteiger partial charge in [0.25, 0.3) is 0 Å². The average molecular weight is 582 g/mol. The van der Waals surface area contributed by atoms with Gasteiger partial charge in [-0.3, -0.25) is 9.79 Å². The highest BCUT2D eigenvalue weighted by molar-refractivity contribution is 6.30. The Hall–Kier alpha value is -2.90. The van der Waals surface area contributed by atoms with Gasteiger partial charge in [-0.2, -0.15) is 0 Å². The molecule has 1 fully saturated rings. The van der Waals surface area contributed by atoms with Crippen molar-refractivity contribution in [3.05, 3.63) is 70.7 Å². The van der Waals surface area contributed by atoms with Crippen LogP contribution in [-0.2, 0) is 19.1 Å². The third kappa shape index (κ3) is 6.95. The third-order valence-corrected chi connectivity index (χ3v) is 9.45. The van der Waals surface area contributed by atoms with E-state index in [0.717, 1.165) is 42.7 Å². The first-order valence-electron chi connectivity index (χ1n) is 14.6. The summed E-state index contributed by atoms with van der Waals surface area (Å²) in [5.74, 6) is 0.216. The van der Waals surface area contributed by atoms with Crippen molar-refractivity contribution in [1.82, 2.24) is 9.80 Å². The van der Waals surface area contributed by atoms with Crippen LogP contribution < -0.4 is 0 Å². The Bertz CT molecular complexity index is 1180. The molecule has 0 saturated heterocycles. The molecule has 4 rings (SSSR count). The maximum atomic E-state index is 13.5. The number of carbonyl (C=O) groups excluding carboxylic acids is 2. The highest BCUT2D eigenvalue weighted by atomic mass is 35.5. The maximum Gasteiger partial charge on any atom is 0.335 e. The minimum atomic E-state index is -1.15. The molecule has 0 N–H and O–H groups in total. The second-order valence-corrected chi connectivity index (χ2v) is 12.2. The van der Waals surface area contributed by atoms with Crippen molar-refractivity contribution in [3.8, 4) is 0 Å². The van der Waals surface area contributed by atoms with Gasteiger partial charge in [-0.25, -0.2) is 4.79 Å². The van der Waals surface area contributed by atoms with E-state index in [2.05, 4.69) is 55.1 Å². The van der Waals surface area contributed by atoms with E-state index < -0.39 is 11.5 Å². The van der Waals surface area contributed by atoms with Gasteiger partial charge in [0.05, 0.1) is 32.6 Å². The van der Waals surface area contributed by atoms with E-state index in [1.807, 2.05) is 36.7 Å². The molecule has 2 aliphatic rings. The fourth-order valence-corrected chi connectivity index (χ4v) is 7.10. The predicted molar refractivity (Wildman–Crippen MR) is 163 cm³/mol. The molecular formula is C33H44ClN3O4. The second kappa shape index (κ2) is 13.8. The molecule has 2 aromatic rings. The Labute approximate surface area is 249 Å². The lowest BCUT2D eigenvalue weighted by Crippen LogP contribution is -2.53. The average Bonchev–Trinajstić information content (AvgIpc) is 3.36. The highest BCUT2D eigenvalue weighted by Gasteiger charge is 2.54. The van der Waals surface area contributed by atoms with Crippen LogP contribution in [0.2, 0.25) is 5.02 Å². The van der Waals surface area contributed by atoms with Gasteiger partial charge in [0.1, 0.15) is 0 Å². The van der Waals surface area contributed by atoms with E-state index in [0.29, 0.717) is 17.9 Å². The monoisotopic (exact) mass is 581 g/mol. The Kier molecular flexibility index (Phi) is 10.5. The number of ether oxygens (including phenoxy) is 2. The first-order chi connectivity index (χ1) is 19.7. The van der Waals surface area contributed by atoms with Gasteiger partial charge >= 0.3 is 11.9 Å². The molecule has 1 heterocycles. The molecule has 222 valence electrons. The first-order valence-corrected chi connectivity index (χ1v) is 15.0. The summed E-state index contributed by atoms with van der Waals surface area (Å²) in [6.45, 7) is 2.15. The molecule has 4 unspecified atom stereocenters. The Morgan fingerprint density at radius 2 is 1.66 bits per heavy atom. The molecule has 0 aromatic heterocycles. The molecule has 8 heteroatoms. The van der Waals surface area contributed by atoms with Crippen LogP contribution in [0.15, 0.2) is 59.6 Å². The summed E-state index contributed by atoms with van der Waals surface area (Å²) in [4.78, 5) is 35.0. The topological polar surface area (TPSA) is 71.4 Å². The van der Waals surface area contributed by atoms with E-state index in [-0.39, 0.29) is 30.9 Å². The zero-order valence-electron chi connectivity index (χ0n) is 25.0. The summed E-state index contributed by atoms with van der Waals surface area (Å²) in [6.07, 6.45) is 7.31. The van der Waals surface area contributed by atoms with Gasteiger partial charge in [0, 0.05) is 17.5 Å². The Balaban J connectivity index is 1.56. The molecule has 41 heavy (non-hydrogen) atoms. The standard InChI is InChI=1S/C33H44ClN3O4/c1-23(25-9-7-6-8-10-25)37-22-35-33(32(39)41-5,20-19-30(38)40-4)29(37)21-24-11-13-26(14-12-24)31(36(2)3)27-15-17-28(34)18-16-27/h6-10,15-18,22-24,26,29,31H,11-14,19-21H2,1-5H3. The summed E-state index contributed by atoms with van der Waals surface area (Å²) < 4.78 is 10.3. The third-order valence-electron chi connectivity index (χ3n) is 9.20. The van der Waals surface area contributed by atoms with E-state index >= 15 is 0 Å². The smallest absolute Gasteiger partial charge is 0.335 e. The minimum absolute atomic E-state index is 0.00831. The van der Waals surface area contributed by atoms with E-state index in [1.165, 1.54) is 19.8 Å². The van der Waals surface area contributed by atoms with E-state index in [4.69, 9.17) is 26.1 Å². The zero-order chi connectivity index (χ0) is 29.6. The molecule has 0 bridgehead atoms. The number of halogens is 1. The molecule has 4 atom stereocenters. The number of esters is 2. The lowest BCUT2D eigenvalue weighted by Gasteiger charge is -2.42. The number of aliphatic imine (C=N–C) groups is 1. The van der Waals surface area contributed by atoms with Crippen molar-refractivity contribution in [1.29, 1.82) is 0 Å². The van der Waals surface area contributed by atoms with Crippen molar-refractivity contribution in [3.63, 3.8) is 0 Å². The number of methoxy groups -OCH3 is 2. The fraction of sp³-hybridized carbons (Fsp3) is 0.545. The Morgan fingerprint density at radius 1 is 1.00 bits per heavy atom. The number of carbonyl (C=O) groups is 2. The van der Waals surface area contributed by atoms with Crippen LogP contribution >= 0.6 is 11.6 Å². The van der Waals surface area contributed by atoms with Gasteiger partial charge in [-0.05, 0) is 81.8 Å². The SMILES string of the molecule is COC(=O)CCC1(C(=O)OC)N=CN(C(C)c2ccccc2)C1CC1CCC(C(c2ccc(Cl)cc2)N(C)C)CC1. The molecular weight excluding hydrogens is 538 g/mol. The van der Waals surface area contributed by atoms with Crippen LogP contribution in [0.5, 0.6) is 0 Å². The molecule has 2 aromatic carbocycles. The number of benzene rings is 2. The normalized spacial score (nSPS) is 25.6. The van der Waals surface area contributed by atoms with Gasteiger partial charge in [0.15, 0.2) is 5.54 Å². The van der Waals surface area contributed by atoms with Crippen molar-refractivity contribution in [2.24, 2.45) is 16.8 Å². The predicted octanol–water partition coefficient (Wildman–Crippen LogP) is 6.48. The zero-order valence-corrected chi connectivity index (χ0v) is 25.7. The lowest BCUT2D eigenvalue weighted by molar-refractivity contribution is -0.150. The van der Waals surface area contributed by atoms with Crippen LogP contribution in [0, 0.1) is 11.8 Å². The van der Waals surface area contributed by atoms with Crippen LogP contribution in [0.3, 0.4) is 0 Å². The molecule has 1 aliphatic heterocycles. The molecule has 1 aliphatic carbocycles. The van der Waals surface area contributed by atoms with Gasteiger partial charge < -0.3 is 19.3 Å². The van der Waals surface area contributed by atoms with Crippen LogP contribution in [0.4, 0.5) is 0 Å². The molecule has 0 amide bonds. The van der Waals surface area contributed by atoms with Crippen molar-refractivity contribution in [2.45, 2.75) is 75.5 Å². The number of hydrogen-bond donors (Lipinski definition) is 0. The number of hydrogen-bond acceptors (Lipinski definition) is 7. The lowest BCUT2D eigenvalue weighted by atomic mass is 9.72.